The average molecular weight is 204 g/mol. The fraction of sp³-hybridized carbons (Fsp3) is 1.00. The number of hydrogen-bond acceptors (Lipinski definition) is 3. The summed E-state index contributed by atoms with van der Waals surface area (Å²) in [5, 5.41) is 10.3. The average Bonchev–Trinajstić information content (AvgIpc) is 2.64. The van der Waals surface area contributed by atoms with E-state index in [0.29, 0.717) is 13.2 Å². The van der Waals surface area contributed by atoms with Gasteiger partial charge in [-0.25, -0.2) is 0 Å². The van der Waals surface area contributed by atoms with E-state index in [-0.39, 0.29) is 6.10 Å². The second kappa shape index (κ2) is 6.68. The molecule has 0 saturated heterocycles. The van der Waals surface area contributed by atoms with Gasteiger partial charge in [0.25, 0.3) is 0 Å². The van der Waals surface area contributed by atoms with Crippen LogP contribution >= 0.6 is 11.8 Å². The molecule has 1 rings (SSSR count). The quantitative estimate of drug-likeness (QED) is 0.718. The van der Waals surface area contributed by atoms with E-state index in [0.717, 1.165) is 11.0 Å². The van der Waals surface area contributed by atoms with Crippen LogP contribution in [0.1, 0.15) is 32.6 Å². The Hall–Kier alpha value is 0.270. The number of thioether (sulfide) groups is 1. The lowest BCUT2D eigenvalue weighted by Crippen LogP contribution is -2.19. The molecular weight excluding hydrogens is 184 g/mol. The Labute approximate surface area is 85.0 Å². The summed E-state index contributed by atoms with van der Waals surface area (Å²) in [5.41, 5.74) is 0. The summed E-state index contributed by atoms with van der Waals surface area (Å²) in [6.07, 6.45) is 5.15. The van der Waals surface area contributed by atoms with Crippen LogP contribution in [0.5, 0.6) is 0 Å². The third kappa shape index (κ3) is 4.89. The Bertz CT molecular complexity index is 124. The standard InChI is InChI=1S/C10H20O2S/c1-2-12-7-9(11)8-13-10-5-3-4-6-10/h9-11H,2-8H2,1H3. The van der Waals surface area contributed by atoms with Gasteiger partial charge in [0.2, 0.25) is 0 Å². The van der Waals surface area contributed by atoms with Gasteiger partial charge in [0, 0.05) is 17.6 Å². The van der Waals surface area contributed by atoms with Crippen molar-refractivity contribution in [3.8, 4) is 0 Å². The van der Waals surface area contributed by atoms with Gasteiger partial charge in [-0.15, -0.1) is 0 Å². The highest BCUT2D eigenvalue weighted by molar-refractivity contribution is 7.99. The zero-order chi connectivity index (χ0) is 9.52. The highest BCUT2D eigenvalue weighted by Crippen LogP contribution is 2.29. The zero-order valence-electron chi connectivity index (χ0n) is 8.37. The summed E-state index contributed by atoms with van der Waals surface area (Å²) in [6, 6.07) is 0. The highest BCUT2D eigenvalue weighted by atomic mass is 32.2. The fourth-order valence-electron chi connectivity index (χ4n) is 1.60. The van der Waals surface area contributed by atoms with Gasteiger partial charge in [0.1, 0.15) is 0 Å². The monoisotopic (exact) mass is 204 g/mol. The SMILES string of the molecule is CCOCC(O)CSC1CCCC1. The molecule has 0 aromatic rings. The summed E-state index contributed by atoms with van der Waals surface area (Å²) in [7, 11) is 0. The number of aliphatic hydroxyl groups is 1. The molecule has 13 heavy (non-hydrogen) atoms. The van der Waals surface area contributed by atoms with Crippen LogP contribution in [-0.2, 0) is 4.74 Å². The maximum Gasteiger partial charge on any atom is 0.0863 e. The molecule has 1 unspecified atom stereocenters. The van der Waals surface area contributed by atoms with Crippen molar-refractivity contribution in [2.24, 2.45) is 0 Å². The Balaban J connectivity index is 1.97. The van der Waals surface area contributed by atoms with Crippen molar-refractivity contribution in [3.63, 3.8) is 0 Å². The molecule has 0 bridgehead atoms. The molecule has 0 amide bonds. The minimum Gasteiger partial charge on any atom is -0.390 e. The molecule has 0 aromatic heterocycles. The second-order valence-electron chi connectivity index (χ2n) is 3.55. The predicted molar refractivity (Wildman–Crippen MR) is 57.2 cm³/mol. The Kier molecular flexibility index (Phi) is 5.83. The molecule has 1 saturated carbocycles. The number of ether oxygens (including phenoxy) is 1. The van der Waals surface area contributed by atoms with E-state index in [2.05, 4.69) is 0 Å². The van der Waals surface area contributed by atoms with Crippen LogP contribution in [0.3, 0.4) is 0 Å². The van der Waals surface area contributed by atoms with Crippen molar-refractivity contribution in [2.45, 2.75) is 44.0 Å². The molecule has 0 aromatic carbocycles. The van der Waals surface area contributed by atoms with E-state index in [4.69, 9.17) is 4.74 Å². The molecule has 3 heteroatoms. The molecule has 1 aliphatic carbocycles. The van der Waals surface area contributed by atoms with E-state index in [9.17, 15) is 5.11 Å². The third-order valence-electron chi connectivity index (χ3n) is 2.34. The first-order valence-corrected chi connectivity index (χ1v) is 6.25. The maximum absolute atomic E-state index is 9.49. The van der Waals surface area contributed by atoms with Gasteiger partial charge in [-0.1, -0.05) is 12.8 Å². The van der Waals surface area contributed by atoms with Crippen LogP contribution < -0.4 is 0 Å². The van der Waals surface area contributed by atoms with E-state index >= 15 is 0 Å². The van der Waals surface area contributed by atoms with Gasteiger partial charge >= 0.3 is 0 Å². The normalized spacial score (nSPS) is 20.8. The number of hydrogen-bond donors (Lipinski definition) is 1. The largest absolute Gasteiger partial charge is 0.390 e. The maximum atomic E-state index is 9.49. The minimum atomic E-state index is -0.273. The van der Waals surface area contributed by atoms with E-state index < -0.39 is 0 Å². The molecule has 0 spiro atoms. The first-order valence-electron chi connectivity index (χ1n) is 5.20. The van der Waals surface area contributed by atoms with Crippen LogP contribution in [-0.4, -0.2) is 35.4 Å². The van der Waals surface area contributed by atoms with E-state index in [1.807, 2.05) is 18.7 Å². The number of aliphatic hydroxyl groups excluding tert-OH is 1. The Morgan fingerprint density at radius 3 is 2.77 bits per heavy atom. The molecule has 1 N–H and O–H groups in total. The van der Waals surface area contributed by atoms with Crippen molar-refractivity contribution in [1.82, 2.24) is 0 Å². The Morgan fingerprint density at radius 2 is 2.15 bits per heavy atom. The van der Waals surface area contributed by atoms with Crippen LogP contribution in [0.2, 0.25) is 0 Å². The van der Waals surface area contributed by atoms with Gasteiger partial charge in [0.15, 0.2) is 0 Å². The van der Waals surface area contributed by atoms with Gasteiger partial charge in [-0.3, -0.25) is 0 Å². The summed E-state index contributed by atoms with van der Waals surface area (Å²) < 4.78 is 5.15. The first-order chi connectivity index (χ1) is 6.33. The summed E-state index contributed by atoms with van der Waals surface area (Å²) in [6.45, 7) is 3.15. The van der Waals surface area contributed by atoms with Crippen molar-refractivity contribution < 1.29 is 9.84 Å². The molecule has 0 aliphatic heterocycles. The van der Waals surface area contributed by atoms with Crippen LogP contribution in [0, 0.1) is 0 Å². The van der Waals surface area contributed by atoms with Crippen molar-refractivity contribution in [3.05, 3.63) is 0 Å². The zero-order valence-corrected chi connectivity index (χ0v) is 9.18. The van der Waals surface area contributed by atoms with Gasteiger partial charge in [-0.2, -0.15) is 11.8 Å². The van der Waals surface area contributed by atoms with Crippen LogP contribution in [0.15, 0.2) is 0 Å². The molecular formula is C10H20O2S. The molecule has 78 valence electrons. The smallest absolute Gasteiger partial charge is 0.0863 e. The minimum absolute atomic E-state index is 0.273. The van der Waals surface area contributed by atoms with Crippen LogP contribution in [0.4, 0.5) is 0 Å². The third-order valence-corrected chi connectivity index (χ3v) is 3.86. The molecule has 0 radical (unpaired) electrons. The van der Waals surface area contributed by atoms with E-state index in [1.54, 1.807) is 0 Å². The lowest BCUT2D eigenvalue weighted by atomic mass is 10.4. The summed E-state index contributed by atoms with van der Waals surface area (Å²) >= 11 is 1.91. The highest BCUT2D eigenvalue weighted by Gasteiger charge is 2.16. The van der Waals surface area contributed by atoms with Crippen molar-refractivity contribution in [2.75, 3.05) is 19.0 Å². The molecule has 1 fully saturated rings. The second-order valence-corrected chi connectivity index (χ2v) is 4.89. The summed E-state index contributed by atoms with van der Waals surface area (Å²) in [5.74, 6) is 0.838. The van der Waals surface area contributed by atoms with Crippen LogP contribution in [0.25, 0.3) is 0 Å². The fourth-order valence-corrected chi connectivity index (χ4v) is 2.86. The lowest BCUT2D eigenvalue weighted by molar-refractivity contribution is 0.0551. The molecule has 0 heterocycles. The molecule has 1 aliphatic rings. The van der Waals surface area contributed by atoms with Gasteiger partial charge < -0.3 is 9.84 Å². The topological polar surface area (TPSA) is 29.5 Å². The van der Waals surface area contributed by atoms with Gasteiger partial charge in [0.05, 0.1) is 12.7 Å². The molecule has 1 atom stereocenters. The lowest BCUT2D eigenvalue weighted by Gasteiger charge is -2.13. The van der Waals surface area contributed by atoms with Crippen molar-refractivity contribution >= 4 is 11.8 Å². The molecule has 2 nitrogen and oxygen atoms in total. The van der Waals surface area contributed by atoms with Crippen molar-refractivity contribution in [1.29, 1.82) is 0 Å². The van der Waals surface area contributed by atoms with E-state index in [1.165, 1.54) is 25.7 Å². The predicted octanol–water partition coefficient (Wildman–Crippen LogP) is 2.06. The van der Waals surface area contributed by atoms with Gasteiger partial charge in [-0.05, 0) is 19.8 Å². The number of rotatable bonds is 6. The first kappa shape index (κ1) is 11.3. The Morgan fingerprint density at radius 1 is 1.46 bits per heavy atom. The summed E-state index contributed by atoms with van der Waals surface area (Å²) in [4.78, 5) is 0.